The van der Waals surface area contributed by atoms with Crippen LogP contribution in [-0.2, 0) is 0 Å². The van der Waals surface area contributed by atoms with E-state index < -0.39 is 0 Å². The van der Waals surface area contributed by atoms with Crippen molar-refractivity contribution >= 4 is 16.9 Å². The zero-order chi connectivity index (χ0) is 16.4. The van der Waals surface area contributed by atoms with Gasteiger partial charge in [0.15, 0.2) is 5.82 Å². The number of hydrogen-bond donors (Lipinski definition) is 2. The van der Waals surface area contributed by atoms with E-state index in [1.54, 1.807) is 18.7 Å². The third-order valence-corrected chi connectivity index (χ3v) is 4.11. The summed E-state index contributed by atoms with van der Waals surface area (Å²) in [6, 6.07) is 6.29. The molecule has 0 spiro atoms. The second-order valence-corrected chi connectivity index (χ2v) is 5.79. The van der Waals surface area contributed by atoms with E-state index in [4.69, 9.17) is 4.74 Å². The summed E-state index contributed by atoms with van der Waals surface area (Å²) in [5.41, 5.74) is 1.86. The van der Waals surface area contributed by atoms with Crippen molar-refractivity contribution in [3.05, 3.63) is 36.9 Å². The molecule has 1 aliphatic rings. The first-order chi connectivity index (χ1) is 11.8. The van der Waals surface area contributed by atoms with Crippen LogP contribution in [0.2, 0.25) is 0 Å². The fourth-order valence-corrected chi connectivity index (χ4v) is 2.96. The largest absolute Gasteiger partial charge is 0.494 e. The molecule has 0 amide bonds. The highest BCUT2D eigenvalue weighted by Gasteiger charge is 2.15. The third-order valence-electron chi connectivity index (χ3n) is 4.11. The van der Waals surface area contributed by atoms with Crippen LogP contribution in [0.15, 0.2) is 36.9 Å². The maximum Gasteiger partial charge on any atom is 0.159 e. The van der Waals surface area contributed by atoms with E-state index in [2.05, 4.69) is 25.6 Å². The van der Waals surface area contributed by atoms with E-state index >= 15 is 0 Å². The van der Waals surface area contributed by atoms with Gasteiger partial charge in [-0.15, -0.1) is 0 Å². The molecule has 1 atom stereocenters. The molecule has 1 aromatic carbocycles. The lowest BCUT2D eigenvalue weighted by Crippen LogP contribution is -2.23. The first kappa shape index (κ1) is 14.9. The maximum atomic E-state index is 5.53. The minimum Gasteiger partial charge on any atom is -0.494 e. The molecular weight excluding hydrogens is 304 g/mol. The molecule has 1 aliphatic heterocycles. The second-order valence-electron chi connectivity index (χ2n) is 5.79. The highest BCUT2D eigenvalue weighted by Crippen LogP contribution is 2.22. The van der Waals surface area contributed by atoms with Crippen molar-refractivity contribution in [2.24, 2.45) is 0 Å². The molecule has 4 rings (SSSR count). The topological polar surface area (TPSA) is 76.9 Å². The number of fused-ring (bicyclic) bond motifs is 1. The molecule has 0 aliphatic carbocycles. The van der Waals surface area contributed by atoms with Crippen molar-refractivity contribution in [2.75, 3.05) is 25.0 Å². The number of nitrogens with one attached hydrogen (secondary N) is 2. The van der Waals surface area contributed by atoms with Gasteiger partial charge in [0.05, 0.1) is 30.0 Å². The van der Waals surface area contributed by atoms with Crippen molar-refractivity contribution in [3.8, 4) is 11.6 Å². The minimum atomic E-state index is 0.405. The van der Waals surface area contributed by atoms with Crippen molar-refractivity contribution in [1.82, 2.24) is 24.8 Å². The van der Waals surface area contributed by atoms with Gasteiger partial charge >= 0.3 is 0 Å². The Kier molecular flexibility index (Phi) is 4.00. The monoisotopic (exact) mass is 324 g/mol. The van der Waals surface area contributed by atoms with Gasteiger partial charge in [-0.25, -0.2) is 9.97 Å². The predicted molar refractivity (Wildman–Crippen MR) is 92.7 cm³/mol. The Labute approximate surface area is 140 Å². The van der Waals surface area contributed by atoms with Gasteiger partial charge in [0.2, 0.25) is 0 Å². The molecule has 0 bridgehead atoms. The van der Waals surface area contributed by atoms with E-state index in [0.717, 1.165) is 47.9 Å². The van der Waals surface area contributed by atoms with E-state index in [0.29, 0.717) is 12.6 Å². The summed E-state index contributed by atoms with van der Waals surface area (Å²) in [6.45, 7) is 4.61. The minimum absolute atomic E-state index is 0.405. The van der Waals surface area contributed by atoms with Gasteiger partial charge in [0.1, 0.15) is 17.9 Å². The van der Waals surface area contributed by atoms with Crippen LogP contribution >= 0.6 is 0 Å². The maximum absolute atomic E-state index is 5.53. The van der Waals surface area contributed by atoms with Crippen LogP contribution in [0.4, 0.5) is 5.82 Å². The van der Waals surface area contributed by atoms with E-state index in [-0.39, 0.29) is 0 Å². The first-order valence-corrected chi connectivity index (χ1v) is 8.23. The van der Waals surface area contributed by atoms with Gasteiger partial charge < -0.3 is 15.4 Å². The lowest BCUT2D eigenvalue weighted by atomic mass is 10.2. The van der Waals surface area contributed by atoms with E-state index in [1.807, 2.05) is 29.7 Å². The number of benzene rings is 1. The van der Waals surface area contributed by atoms with Crippen LogP contribution in [0.3, 0.4) is 0 Å². The fraction of sp³-hybridized carbons (Fsp3) is 0.353. The average molecular weight is 324 g/mol. The van der Waals surface area contributed by atoms with Gasteiger partial charge in [-0.3, -0.25) is 9.55 Å². The summed E-state index contributed by atoms with van der Waals surface area (Å²) < 4.78 is 7.47. The lowest BCUT2D eigenvalue weighted by molar-refractivity contribution is 0.340. The lowest BCUT2D eigenvalue weighted by Gasteiger charge is -2.12. The highest BCUT2D eigenvalue weighted by molar-refractivity contribution is 5.78. The van der Waals surface area contributed by atoms with E-state index in [9.17, 15) is 0 Å². The smallest absolute Gasteiger partial charge is 0.159 e. The quantitative estimate of drug-likeness (QED) is 0.747. The summed E-state index contributed by atoms with van der Waals surface area (Å²) >= 11 is 0. The number of ether oxygens (including phenoxy) is 1. The van der Waals surface area contributed by atoms with Crippen molar-refractivity contribution in [3.63, 3.8) is 0 Å². The van der Waals surface area contributed by atoms with Crippen LogP contribution in [-0.4, -0.2) is 45.3 Å². The van der Waals surface area contributed by atoms with Gasteiger partial charge in [0.25, 0.3) is 0 Å². The number of hydrogen-bond acceptors (Lipinski definition) is 6. The van der Waals surface area contributed by atoms with Crippen LogP contribution in [0.25, 0.3) is 16.9 Å². The standard InChI is InChI=1S/C17H20N6O/c1-2-24-13-3-4-15-14(7-13)20-11-23(15)17-10-19-9-16(22-17)21-12-5-6-18-8-12/h3-4,7,9-12,18H,2,5-6,8H2,1H3,(H,21,22). The molecule has 24 heavy (non-hydrogen) atoms. The number of imidazole rings is 1. The molecule has 3 heterocycles. The summed E-state index contributed by atoms with van der Waals surface area (Å²) in [6.07, 6.45) is 6.37. The molecule has 1 fully saturated rings. The van der Waals surface area contributed by atoms with Crippen LogP contribution in [0.1, 0.15) is 13.3 Å². The number of rotatable bonds is 5. The van der Waals surface area contributed by atoms with Crippen LogP contribution in [0.5, 0.6) is 5.75 Å². The molecule has 1 unspecified atom stereocenters. The number of anilines is 1. The molecular formula is C17H20N6O. The first-order valence-electron chi connectivity index (χ1n) is 8.23. The summed E-state index contributed by atoms with van der Waals surface area (Å²) in [5, 5.41) is 6.76. The zero-order valence-corrected chi connectivity index (χ0v) is 13.6. The highest BCUT2D eigenvalue weighted by atomic mass is 16.5. The Balaban J connectivity index is 1.64. The van der Waals surface area contributed by atoms with Crippen LogP contribution in [0, 0.1) is 0 Å². The third kappa shape index (κ3) is 2.90. The molecule has 7 heteroatoms. The Bertz CT molecular complexity index is 840. The number of nitrogens with zero attached hydrogens (tertiary/aromatic N) is 4. The summed E-state index contributed by atoms with van der Waals surface area (Å²) in [7, 11) is 0. The van der Waals surface area contributed by atoms with Crippen molar-refractivity contribution in [2.45, 2.75) is 19.4 Å². The summed E-state index contributed by atoms with van der Waals surface area (Å²) in [4.78, 5) is 13.5. The molecule has 3 aromatic rings. The van der Waals surface area contributed by atoms with Crippen molar-refractivity contribution < 1.29 is 4.74 Å². The molecule has 0 radical (unpaired) electrons. The molecule has 2 aromatic heterocycles. The summed E-state index contributed by atoms with van der Waals surface area (Å²) in [5.74, 6) is 2.36. The fourth-order valence-electron chi connectivity index (χ4n) is 2.96. The predicted octanol–water partition coefficient (Wildman–Crippen LogP) is 1.99. The molecule has 1 saturated heterocycles. The molecule has 124 valence electrons. The molecule has 0 saturated carbocycles. The zero-order valence-electron chi connectivity index (χ0n) is 13.6. The number of aromatic nitrogens is 4. The Morgan fingerprint density at radius 1 is 1.38 bits per heavy atom. The van der Waals surface area contributed by atoms with Gasteiger partial charge in [0, 0.05) is 18.7 Å². The Morgan fingerprint density at radius 2 is 2.33 bits per heavy atom. The van der Waals surface area contributed by atoms with E-state index in [1.165, 1.54) is 0 Å². The van der Waals surface area contributed by atoms with Gasteiger partial charge in [-0.2, -0.15) is 0 Å². The molecule has 2 N–H and O–H groups in total. The Hall–Kier alpha value is -2.67. The average Bonchev–Trinajstić information content (AvgIpc) is 3.24. The van der Waals surface area contributed by atoms with Gasteiger partial charge in [-0.05, 0) is 32.0 Å². The Morgan fingerprint density at radius 3 is 3.17 bits per heavy atom. The molecule has 7 nitrogen and oxygen atoms in total. The van der Waals surface area contributed by atoms with Crippen LogP contribution < -0.4 is 15.4 Å². The SMILES string of the molecule is CCOc1ccc2c(c1)ncn2-c1cncc(NC2CCNC2)n1. The normalized spacial score (nSPS) is 17.3. The second kappa shape index (κ2) is 6.45. The van der Waals surface area contributed by atoms with Crippen molar-refractivity contribution in [1.29, 1.82) is 0 Å². The van der Waals surface area contributed by atoms with Gasteiger partial charge in [-0.1, -0.05) is 0 Å².